The van der Waals surface area contributed by atoms with E-state index >= 15 is 0 Å². The molecule has 6 heteroatoms. The van der Waals surface area contributed by atoms with Gasteiger partial charge in [0.15, 0.2) is 0 Å². The van der Waals surface area contributed by atoms with Gasteiger partial charge in [-0.2, -0.15) is 5.26 Å². The van der Waals surface area contributed by atoms with Gasteiger partial charge in [-0.05, 0) is 44.0 Å². The van der Waals surface area contributed by atoms with E-state index < -0.39 is 0 Å². The molecular weight excluding hydrogens is 326 g/mol. The second-order valence-electron chi connectivity index (χ2n) is 6.41. The van der Waals surface area contributed by atoms with E-state index in [2.05, 4.69) is 32.7 Å². The number of nitrogens with one attached hydrogen (secondary N) is 2. The van der Waals surface area contributed by atoms with Crippen molar-refractivity contribution >= 4 is 17.4 Å². The fourth-order valence-electron chi connectivity index (χ4n) is 3.15. The first-order chi connectivity index (χ1) is 12.7. The van der Waals surface area contributed by atoms with Crippen LogP contribution >= 0.6 is 0 Å². The van der Waals surface area contributed by atoms with E-state index in [1.54, 1.807) is 18.3 Å². The molecule has 1 fully saturated rings. The number of nitriles is 1. The molecule has 6 nitrogen and oxygen atoms in total. The molecule has 1 aromatic carbocycles. The van der Waals surface area contributed by atoms with Crippen molar-refractivity contribution in [3.63, 3.8) is 0 Å². The monoisotopic (exact) mass is 349 g/mol. The molecule has 2 N–H and O–H groups in total. The van der Waals surface area contributed by atoms with Gasteiger partial charge >= 0.3 is 0 Å². The fraction of sp³-hybridized carbons (Fsp3) is 0.350. The van der Waals surface area contributed by atoms with Crippen LogP contribution in [-0.4, -0.2) is 37.1 Å². The molecule has 0 radical (unpaired) electrons. The summed E-state index contributed by atoms with van der Waals surface area (Å²) in [6.07, 6.45) is 3.98. The predicted molar refractivity (Wildman–Crippen MR) is 102 cm³/mol. The molecule has 0 spiro atoms. The van der Waals surface area contributed by atoms with E-state index in [0.717, 1.165) is 29.9 Å². The molecule has 1 aromatic heterocycles. The summed E-state index contributed by atoms with van der Waals surface area (Å²) in [4.78, 5) is 19.1. The molecule has 0 bridgehead atoms. The van der Waals surface area contributed by atoms with Gasteiger partial charge in [0.05, 0.1) is 11.1 Å². The molecule has 0 saturated carbocycles. The lowest BCUT2D eigenvalue weighted by Gasteiger charge is -2.21. The van der Waals surface area contributed by atoms with Crippen LogP contribution in [0.4, 0.5) is 11.5 Å². The molecule has 0 aliphatic carbocycles. The standard InChI is InChI=1S/C20H23N5O/c1-15-6-7-18(25-11-2-3-12-25)17(13-15)20(26)24-10-9-23-19-16(14-21)5-4-8-22-19/h4-8,13H,2-3,9-12H2,1H3,(H,22,23)(H,24,26). The van der Waals surface area contributed by atoms with Gasteiger partial charge in [0, 0.05) is 38.1 Å². The van der Waals surface area contributed by atoms with Crippen LogP contribution in [0.2, 0.25) is 0 Å². The number of nitrogens with zero attached hydrogens (tertiary/aromatic N) is 3. The van der Waals surface area contributed by atoms with Crippen molar-refractivity contribution in [2.24, 2.45) is 0 Å². The van der Waals surface area contributed by atoms with E-state index in [-0.39, 0.29) is 5.91 Å². The summed E-state index contributed by atoms with van der Waals surface area (Å²) in [7, 11) is 0. The van der Waals surface area contributed by atoms with E-state index in [1.807, 2.05) is 19.1 Å². The molecule has 0 atom stereocenters. The Balaban J connectivity index is 1.60. The molecule has 1 aliphatic rings. The highest BCUT2D eigenvalue weighted by atomic mass is 16.1. The summed E-state index contributed by atoms with van der Waals surface area (Å²) < 4.78 is 0. The molecule has 1 aliphatic heterocycles. The zero-order valence-electron chi connectivity index (χ0n) is 15.0. The second-order valence-corrected chi connectivity index (χ2v) is 6.41. The number of anilines is 2. The third kappa shape index (κ3) is 4.12. The van der Waals surface area contributed by atoms with E-state index in [0.29, 0.717) is 24.5 Å². The van der Waals surface area contributed by atoms with Crippen molar-refractivity contribution < 1.29 is 4.79 Å². The van der Waals surface area contributed by atoms with E-state index in [1.165, 1.54) is 12.8 Å². The maximum absolute atomic E-state index is 12.7. The number of aryl methyl sites for hydroxylation is 1. The number of amides is 1. The SMILES string of the molecule is Cc1ccc(N2CCCC2)c(C(=O)NCCNc2ncccc2C#N)c1. The first kappa shape index (κ1) is 17.7. The smallest absolute Gasteiger partial charge is 0.253 e. The first-order valence-electron chi connectivity index (χ1n) is 8.92. The minimum absolute atomic E-state index is 0.0704. The van der Waals surface area contributed by atoms with Gasteiger partial charge in [-0.25, -0.2) is 4.98 Å². The van der Waals surface area contributed by atoms with Gasteiger partial charge in [-0.15, -0.1) is 0 Å². The summed E-state index contributed by atoms with van der Waals surface area (Å²) in [5.74, 6) is 0.469. The predicted octanol–water partition coefficient (Wildman–Crippen LogP) is 2.70. The number of pyridine rings is 1. The number of rotatable bonds is 6. The second kappa shape index (κ2) is 8.34. The zero-order chi connectivity index (χ0) is 18.4. The number of hydrogen-bond donors (Lipinski definition) is 2. The molecule has 0 unspecified atom stereocenters. The van der Waals surface area contributed by atoms with E-state index in [9.17, 15) is 4.79 Å². The Morgan fingerprint density at radius 1 is 1.27 bits per heavy atom. The van der Waals surface area contributed by atoms with Gasteiger partial charge in [-0.1, -0.05) is 11.6 Å². The highest BCUT2D eigenvalue weighted by molar-refractivity contribution is 6.00. The van der Waals surface area contributed by atoms with Crippen LogP contribution in [0.5, 0.6) is 0 Å². The Morgan fingerprint density at radius 2 is 2.08 bits per heavy atom. The van der Waals surface area contributed by atoms with Crippen LogP contribution < -0.4 is 15.5 Å². The summed E-state index contributed by atoms with van der Waals surface area (Å²) in [5, 5.41) is 15.1. The van der Waals surface area contributed by atoms with Gasteiger partial charge in [0.1, 0.15) is 11.9 Å². The van der Waals surface area contributed by atoms with Crippen molar-refractivity contribution in [3.8, 4) is 6.07 Å². The van der Waals surface area contributed by atoms with Gasteiger partial charge in [-0.3, -0.25) is 4.79 Å². The van der Waals surface area contributed by atoms with Crippen LogP contribution in [0.15, 0.2) is 36.5 Å². The Kier molecular flexibility index (Phi) is 5.69. The molecule has 1 amide bonds. The minimum atomic E-state index is -0.0704. The molecule has 2 heterocycles. The summed E-state index contributed by atoms with van der Waals surface area (Å²) in [6.45, 7) is 4.95. The number of benzene rings is 1. The lowest BCUT2D eigenvalue weighted by molar-refractivity contribution is 0.0955. The first-order valence-corrected chi connectivity index (χ1v) is 8.92. The molecule has 1 saturated heterocycles. The lowest BCUT2D eigenvalue weighted by Crippen LogP contribution is -2.31. The molecule has 134 valence electrons. The Hall–Kier alpha value is -3.07. The van der Waals surface area contributed by atoms with Crippen molar-refractivity contribution in [1.82, 2.24) is 10.3 Å². The topological polar surface area (TPSA) is 81.1 Å². The average Bonchev–Trinajstić information content (AvgIpc) is 3.19. The largest absolute Gasteiger partial charge is 0.371 e. The van der Waals surface area contributed by atoms with Crippen LogP contribution in [0.25, 0.3) is 0 Å². The summed E-state index contributed by atoms with van der Waals surface area (Å²) in [6, 6.07) is 11.6. The summed E-state index contributed by atoms with van der Waals surface area (Å²) >= 11 is 0. The van der Waals surface area contributed by atoms with Crippen LogP contribution in [0.1, 0.15) is 34.3 Å². The number of hydrogen-bond acceptors (Lipinski definition) is 5. The average molecular weight is 349 g/mol. The van der Waals surface area contributed by atoms with Gasteiger partial charge < -0.3 is 15.5 Å². The molecular formula is C20H23N5O. The van der Waals surface area contributed by atoms with Gasteiger partial charge in [0.2, 0.25) is 0 Å². The lowest BCUT2D eigenvalue weighted by atomic mass is 10.1. The minimum Gasteiger partial charge on any atom is -0.371 e. The molecule has 2 aromatic rings. The van der Waals surface area contributed by atoms with Crippen molar-refractivity contribution in [2.45, 2.75) is 19.8 Å². The number of carbonyl (C=O) groups excluding carboxylic acids is 1. The van der Waals surface area contributed by atoms with Crippen LogP contribution in [0.3, 0.4) is 0 Å². The Labute approximate surface area is 153 Å². The Bertz CT molecular complexity index is 821. The maximum atomic E-state index is 12.7. The molecule has 26 heavy (non-hydrogen) atoms. The van der Waals surface area contributed by atoms with Crippen molar-refractivity contribution in [1.29, 1.82) is 5.26 Å². The van der Waals surface area contributed by atoms with Gasteiger partial charge in [0.25, 0.3) is 5.91 Å². The Morgan fingerprint density at radius 3 is 2.85 bits per heavy atom. The quantitative estimate of drug-likeness (QED) is 0.784. The van der Waals surface area contributed by atoms with E-state index in [4.69, 9.17) is 5.26 Å². The maximum Gasteiger partial charge on any atom is 0.253 e. The normalized spacial score (nSPS) is 13.3. The third-order valence-corrected chi connectivity index (χ3v) is 4.47. The van der Waals surface area contributed by atoms with Crippen molar-refractivity contribution in [2.75, 3.05) is 36.4 Å². The molecule has 3 rings (SSSR count). The summed E-state index contributed by atoms with van der Waals surface area (Å²) in [5.41, 5.74) is 3.30. The highest BCUT2D eigenvalue weighted by Gasteiger charge is 2.19. The van der Waals surface area contributed by atoms with Crippen molar-refractivity contribution in [3.05, 3.63) is 53.2 Å². The number of aromatic nitrogens is 1. The van der Waals surface area contributed by atoms with Crippen LogP contribution in [0, 0.1) is 18.3 Å². The van der Waals surface area contributed by atoms with Crippen LogP contribution in [-0.2, 0) is 0 Å². The number of carbonyl (C=O) groups is 1. The highest BCUT2D eigenvalue weighted by Crippen LogP contribution is 2.25. The fourth-order valence-corrected chi connectivity index (χ4v) is 3.15. The third-order valence-electron chi connectivity index (χ3n) is 4.47. The zero-order valence-corrected chi connectivity index (χ0v) is 15.0.